The molecule has 134 valence electrons. The van der Waals surface area contributed by atoms with Crippen molar-refractivity contribution < 1.29 is 22.5 Å². The Morgan fingerprint density at radius 3 is 2.54 bits per heavy atom. The number of carbonyl (C=O) groups is 1. The summed E-state index contributed by atoms with van der Waals surface area (Å²) in [5.74, 6) is -4.50. The van der Waals surface area contributed by atoms with Crippen LogP contribution in [0.1, 0.15) is 12.3 Å². The smallest absolute Gasteiger partial charge is 0.227 e. The van der Waals surface area contributed by atoms with Gasteiger partial charge in [-0.05, 0) is 36.4 Å². The lowest BCUT2D eigenvalue weighted by atomic mass is 10.2. The highest BCUT2D eigenvalue weighted by Gasteiger charge is 2.16. The van der Waals surface area contributed by atoms with Gasteiger partial charge >= 0.3 is 0 Å². The van der Waals surface area contributed by atoms with Gasteiger partial charge in [0.15, 0.2) is 17.5 Å². The summed E-state index contributed by atoms with van der Waals surface area (Å²) in [4.78, 5) is 16.0. The molecule has 1 amide bonds. The van der Waals surface area contributed by atoms with Crippen LogP contribution in [-0.2, 0) is 11.2 Å². The molecule has 0 aliphatic rings. The molecule has 0 bridgehead atoms. The number of aryl methyl sites for hydroxylation is 1. The van der Waals surface area contributed by atoms with Crippen LogP contribution in [0, 0.1) is 17.5 Å². The summed E-state index contributed by atoms with van der Waals surface area (Å²) in [5, 5.41) is 6.54. The molecule has 0 aliphatic carbocycles. The lowest BCUT2D eigenvalue weighted by Crippen LogP contribution is -2.14. The maximum absolute atomic E-state index is 13.5. The molecule has 9 heteroatoms. The molecule has 0 radical (unpaired) electrons. The van der Waals surface area contributed by atoms with Crippen LogP contribution in [0.15, 0.2) is 40.9 Å². The van der Waals surface area contributed by atoms with Crippen molar-refractivity contribution in [1.82, 2.24) is 10.1 Å². The monoisotopic (exact) mass is 381 g/mol. The summed E-state index contributed by atoms with van der Waals surface area (Å²) in [6, 6.07) is 8.46. The first-order valence-corrected chi connectivity index (χ1v) is 7.83. The molecule has 5 nitrogen and oxygen atoms in total. The molecule has 0 fully saturated rings. The van der Waals surface area contributed by atoms with Crippen molar-refractivity contribution in [3.05, 3.63) is 64.8 Å². The summed E-state index contributed by atoms with van der Waals surface area (Å²) in [5.41, 5.74) is 0.249. The van der Waals surface area contributed by atoms with Crippen molar-refractivity contribution in [3.8, 4) is 11.4 Å². The Morgan fingerprint density at radius 1 is 1.08 bits per heavy atom. The third-order valence-corrected chi connectivity index (χ3v) is 3.70. The van der Waals surface area contributed by atoms with Gasteiger partial charge in [0.05, 0.1) is 5.69 Å². The Morgan fingerprint density at radius 2 is 1.81 bits per heavy atom. The van der Waals surface area contributed by atoms with Gasteiger partial charge in [-0.2, -0.15) is 4.98 Å². The van der Waals surface area contributed by atoms with Crippen molar-refractivity contribution >= 4 is 23.2 Å². The Labute approximate surface area is 150 Å². The fourth-order valence-corrected chi connectivity index (χ4v) is 2.25. The molecule has 0 aliphatic heterocycles. The lowest BCUT2D eigenvalue weighted by molar-refractivity contribution is -0.116. The van der Waals surface area contributed by atoms with Crippen LogP contribution in [0.3, 0.4) is 0 Å². The van der Waals surface area contributed by atoms with E-state index in [0.717, 1.165) is 12.1 Å². The average Bonchev–Trinajstić information content (AvgIpc) is 3.10. The van der Waals surface area contributed by atoms with Gasteiger partial charge in [-0.3, -0.25) is 4.79 Å². The highest BCUT2D eigenvalue weighted by Crippen LogP contribution is 2.21. The van der Waals surface area contributed by atoms with E-state index in [1.54, 1.807) is 24.3 Å². The van der Waals surface area contributed by atoms with Crippen LogP contribution in [0.4, 0.5) is 18.9 Å². The van der Waals surface area contributed by atoms with Crippen LogP contribution < -0.4 is 5.32 Å². The molecule has 1 N–H and O–H groups in total. The van der Waals surface area contributed by atoms with Crippen molar-refractivity contribution in [1.29, 1.82) is 0 Å². The van der Waals surface area contributed by atoms with Gasteiger partial charge < -0.3 is 9.84 Å². The first-order valence-electron chi connectivity index (χ1n) is 7.46. The SMILES string of the molecule is O=C(CCc1nc(-c2ccc(Cl)cc2)no1)Nc1ccc(F)c(F)c1F. The van der Waals surface area contributed by atoms with Crippen molar-refractivity contribution in [2.24, 2.45) is 0 Å². The Kier molecular flexibility index (Phi) is 5.22. The van der Waals surface area contributed by atoms with E-state index in [1.165, 1.54) is 0 Å². The first kappa shape index (κ1) is 17.9. The number of hydrogen-bond donors (Lipinski definition) is 1. The van der Waals surface area contributed by atoms with Crippen LogP contribution in [0.25, 0.3) is 11.4 Å². The number of nitrogens with zero attached hydrogens (tertiary/aromatic N) is 2. The second kappa shape index (κ2) is 7.57. The highest BCUT2D eigenvalue weighted by molar-refractivity contribution is 6.30. The van der Waals surface area contributed by atoms with E-state index in [4.69, 9.17) is 16.1 Å². The number of anilines is 1. The van der Waals surface area contributed by atoms with E-state index in [2.05, 4.69) is 15.5 Å². The maximum Gasteiger partial charge on any atom is 0.227 e. The number of benzene rings is 2. The van der Waals surface area contributed by atoms with E-state index in [-0.39, 0.29) is 18.7 Å². The molecule has 2 aromatic carbocycles. The van der Waals surface area contributed by atoms with Gasteiger partial charge in [0.25, 0.3) is 0 Å². The first-order chi connectivity index (χ1) is 12.4. The number of rotatable bonds is 5. The minimum absolute atomic E-state index is 0.0950. The number of nitrogens with one attached hydrogen (secondary N) is 1. The highest BCUT2D eigenvalue weighted by atomic mass is 35.5. The zero-order valence-electron chi connectivity index (χ0n) is 13.1. The minimum atomic E-state index is -1.65. The quantitative estimate of drug-likeness (QED) is 0.666. The van der Waals surface area contributed by atoms with Gasteiger partial charge in [-0.15, -0.1) is 0 Å². The number of hydrogen-bond acceptors (Lipinski definition) is 4. The zero-order valence-corrected chi connectivity index (χ0v) is 13.9. The Bertz CT molecular complexity index is 945. The molecule has 1 heterocycles. The molecule has 0 spiro atoms. The second-order valence-electron chi connectivity index (χ2n) is 5.29. The summed E-state index contributed by atoms with van der Waals surface area (Å²) < 4.78 is 44.6. The number of carbonyl (C=O) groups excluding carboxylic acids is 1. The second-order valence-corrected chi connectivity index (χ2v) is 5.73. The van der Waals surface area contributed by atoms with Gasteiger partial charge in [0.1, 0.15) is 0 Å². The number of aromatic nitrogens is 2. The van der Waals surface area contributed by atoms with Crippen LogP contribution in [-0.4, -0.2) is 16.0 Å². The third kappa shape index (κ3) is 4.02. The third-order valence-electron chi connectivity index (χ3n) is 3.45. The van der Waals surface area contributed by atoms with Crippen LogP contribution in [0.2, 0.25) is 5.02 Å². The van der Waals surface area contributed by atoms with Gasteiger partial charge in [0.2, 0.25) is 17.6 Å². The predicted octanol–water partition coefficient (Wildman–Crippen LogP) is 4.38. The molecule has 0 saturated heterocycles. The lowest BCUT2D eigenvalue weighted by Gasteiger charge is -2.06. The summed E-state index contributed by atoms with van der Waals surface area (Å²) >= 11 is 5.81. The fourth-order valence-electron chi connectivity index (χ4n) is 2.13. The van der Waals surface area contributed by atoms with Gasteiger partial charge in [0, 0.05) is 23.4 Å². The Balaban J connectivity index is 1.60. The molecule has 0 atom stereocenters. The average molecular weight is 382 g/mol. The van der Waals surface area contributed by atoms with Crippen LogP contribution in [0.5, 0.6) is 0 Å². The normalized spacial score (nSPS) is 10.8. The van der Waals surface area contributed by atoms with Crippen molar-refractivity contribution in [2.45, 2.75) is 12.8 Å². The van der Waals surface area contributed by atoms with Gasteiger partial charge in [-0.1, -0.05) is 16.8 Å². The van der Waals surface area contributed by atoms with E-state index in [9.17, 15) is 18.0 Å². The van der Waals surface area contributed by atoms with E-state index < -0.39 is 29.0 Å². The summed E-state index contributed by atoms with van der Waals surface area (Å²) in [6.07, 6.45) is -0.0155. The minimum Gasteiger partial charge on any atom is -0.339 e. The molecular formula is C17H11ClF3N3O2. The maximum atomic E-state index is 13.5. The molecule has 1 aromatic heterocycles. The number of amides is 1. The molecule has 3 aromatic rings. The Hall–Kier alpha value is -2.87. The summed E-state index contributed by atoms with van der Waals surface area (Å²) in [6.45, 7) is 0. The molecule has 0 saturated carbocycles. The zero-order chi connectivity index (χ0) is 18.7. The van der Waals surface area contributed by atoms with Crippen LogP contribution >= 0.6 is 11.6 Å². The fraction of sp³-hybridized carbons (Fsp3) is 0.118. The summed E-state index contributed by atoms with van der Waals surface area (Å²) in [7, 11) is 0. The standard InChI is InChI=1S/C17H11ClF3N3O2/c18-10-3-1-9(2-4-10)17-23-14(26-24-17)8-7-13(25)22-12-6-5-11(19)15(20)16(12)21/h1-6H,7-8H2,(H,22,25). The van der Waals surface area contributed by atoms with Gasteiger partial charge in [-0.25, -0.2) is 13.2 Å². The molecule has 0 unspecified atom stereocenters. The van der Waals surface area contributed by atoms with E-state index in [0.29, 0.717) is 16.4 Å². The van der Waals surface area contributed by atoms with E-state index >= 15 is 0 Å². The largest absolute Gasteiger partial charge is 0.339 e. The van der Waals surface area contributed by atoms with Crippen molar-refractivity contribution in [3.63, 3.8) is 0 Å². The molecule has 3 rings (SSSR count). The van der Waals surface area contributed by atoms with E-state index in [1.807, 2.05) is 0 Å². The van der Waals surface area contributed by atoms with Crippen molar-refractivity contribution in [2.75, 3.05) is 5.32 Å². The number of halogens is 4. The molecular weight excluding hydrogens is 371 g/mol. The predicted molar refractivity (Wildman–Crippen MR) is 88.0 cm³/mol. The topological polar surface area (TPSA) is 68.0 Å². The molecule has 26 heavy (non-hydrogen) atoms.